The quantitative estimate of drug-likeness (QED) is 0.848. The molecule has 3 rings (SSSR count). The molecule has 0 aliphatic carbocycles. The van der Waals surface area contributed by atoms with Crippen LogP contribution in [0.1, 0.15) is 55.2 Å². The number of hydrogen-bond donors (Lipinski definition) is 2. The van der Waals surface area contributed by atoms with Crippen LogP contribution < -0.4 is 5.32 Å². The number of nitrogens with one attached hydrogen (secondary N) is 1. The first-order valence-electron chi connectivity index (χ1n) is 9.27. The Bertz CT molecular complexity index is 709. The molecule has 2 heterocycles. The summed E-state index contributed by atoms with van der Waals surface area (Å²) in [5.74, 6) is 0.795. The van der Waals surface area contributed by atoms with Crippen molar-refractivity contribution in [3.63, 3.8) is 0 Å². The van der Waals surface area contributed by atoms with Crippen LogP contribution in [0.15, 0.2) is 30.3 Å². The summed E-state index contributed by atoms with van der Waals surface area (Å²) in [4.78, 5) is 17.5. The maximum atomic E-state index is 12.8. The Morgan fingerprint density at radius 3 is 2.84 bits per heavy atom. The van der Waals surface area contributed by atoms with Crippen molar-refractivity contribution < 1.29 is 9.90 Å². The largest absolute Gasteiger partial charge is 0.396 e. The molecule has 2 aromatic rings. The summed E-state index contributed by atoms with van der Waals surface area (Å²) in [5.41, 5.74) is 2.68. The van der Waals surface area contributed by atoms with Gasteiger partial charge in [-0.05, 0) is 39.0 Å². The molecule has 5 heteroatoms. The Morgan fingerprint density at radius 2 is 2.08 bits per heavy atom. The molecule has 0 saturated carbocycles. The molecule has 0 bridgehead atoms. The average molecular weight is 341 g/mol. The van der Waals surface area contributed by atoms with E-state index in [2.05, 4.69) is 9.88 Å². The average Bonchev–Trinajstić information content (AvgIpc) is 2.82. The number of aliphatic hydroxyl groups excluding tert-OH is 1. The number of aliphatic hydroxyl groups is 1. The Kier molecular flexibility index (Phi) is 5.87. The zero-order valence-electron chi connectivity index (χ0n) is 14.9. The van der Waals surface area contributed by atoms with Crippen LogP contribution in [0.3, 0.4) is 0 Å². The molecule has 2 N–H and O–H groups in total. The van der Waals surface area contributed by atoms with Crippen molar-refractivity contribution >= 4 is 5.91 Å². The number of imidazole rings is 1. The summed E-state index contributed by atoms with van der Waals surface area (Å²) in [6.45, 7) is 3.04. The smallest absolute Gasteiger partial charge is 0.271 e. The lowest BCUT2D eigenvalue weighted by Gasteiger charge is -2.13. The minimum absolute atomic E-state index is 0.0305. The van der Waals surface area contributed by atoms with Gasteiger partial charge < -0.3 is 15.0 Å². The lowest BCUT2D eigenvalue weighted by Crippen LogP contribution is -2.33. The van der Waals surface area contributed by atoms with Gasteiger partial charge in [-0.25, -0.2) is 4.98 Å². The topological polar surface area (TPSA) is 67.2 Å². The highest BCUT2D eigenvalue weighted by Gasteiger charge is 2.24. The van der Waals surface area contributed by atoms with Gasteiger partial charge in [0, 0.05) is 24.8 Å². The van der Waals surface area contributed by atoms with E-state index in [1.807, 2.05) is 37.3 Å². The van der Waals surface area contributed by atoms with E-state index in [1.54, 1.807) is 0 Å². The van der Waals surface area contributed by atoms with Crippen LogP contribution in [0, 0.1) is 0 Å². The van der Waals surface area contributed by atoms with Crippen molar-refractivity contribution in [3.05, 3.63) is 41.7 Å². The van der Waals surface area contributed by atoms with Gasteiger partial charge in [-0.3, -0.25) is 4.79 Å². The van der Waals surface area contributed by atoms with Crippen molar-refractivity contribution in [1.82, 2.24) is 14.9 Å². The number of carbonyl (C=O) groups excluding carboxylic acids is 1. The Hall–Kier alpha value is -2.14. The van der Waals surface area contributed by atoms with Gasteiger partial charge in [-0.15, -0.1) is 0 Å². The van der Waals surface area contributed by atoms with Crippen molar-refractivity contribution in [2.75, 3.05) is 6.61 Å². The second kappa shape index (κ2) is 8.30. The number of rotatable bonds is 6. The van der Waals surface area contributed by atoms with E-state index in [1.165, 1.54) is 6.42 Å². The van der Waals surface area contributed by atoms with Crippen molar-refractivity contribution in [2.45, 2.75) is 58.0 Å². The molecule has 0 fully saturated rings. The number of carbonyl (C=O) groups is 1. The van der Waals surface area contributed by atoms with Crippen LogP contribution in [0.25, 0.3) is 11.4 Å². The second-order valence-corrected chi connectivity index (χ2v) is 6.80. The molecule has 1 aliphatic rings. The second-order valence-electron chi connectivity index (χ2n) is 6.80. The molecule has 1 aliphatic heterocycles. The first kappa shape index (κ1) is 17.7. The minimum Gasteiger partial charge on any atom is -0.396 e. The molecular weight excluding hydrogens is 314 g/mol. The molecule has 5 nitrogen and oxygen atoms in total. The normalized spacial score (nSPS) is 15.3. The van der Waals surface area contributed by atoms with E-state index in [-0.39, 0.29) is 18.6 Å². The van der Waals surface area contributed by atoms with Gasteiger partial charge in [0.25, 0.3) is 5.91 Å². The van der Waals surface area contributed by atoms with Gasteiger partial charge in [0.2, 0.25) is 0 Å². The summed E-state index contributed by atoms with van der Waals surface area (Å²) >= 11 is 0. The van der Waals surface area contributed by atoms with Gasteiger partial charge in [-0.2, -0.15) is 0 Å². The number of hydrogen-bond acceptors (Lipinski definition) is 3. The van der Waals surface area contributed by atoms with E-state index >= 15 is 0 Å². The van der Waals surface area contributed by atoms with Gasteiger partial charge >= 0.3 is 0 Å². The summed E-state index contributed by atoms with van der Waals surface area (Å²) in [6, 6.07) is 10.1. The molecule has 0 spiro atoms. The zero-order chi connectivity index (χ0) is 17.6. The van der Waals surface area contributed by atoms with Crippen molar-refractivity contribution in [1.29, 1.82) is 0 Å². The summed E-state index contributed by atoms with van der Waals surface area (Å²) in [7, 11) is 0. The van der Waals surface area contributed by atoms with Crippen LogP contribution >= 0.6 is 0 Å². The van der Waals surface area contributed by atoms with Crippen LogP contribution in [0.4, 0.5) is 0 Å². The van der Waals surface area contributed by atoms with Gasteiger partial charge in [0.1, 0.15) is 11.5 Å². The third kappa shape index (κ3) is 4.10. The van der Waals surface area contributed by atoms with Gasteiger partial charge in [-0.1, -0.05) is 36.8 Å². The summed E-state index contributed by atoms with van der Waals surface area (Å²) in [6.07, 6.45) is 5.76. The molecule has 134 valence electrons. The highest BCUT2D eigenvalue weighted by Crippen LogP contribution is 2.27. The number of amides is 1. The first-order valence-corrected chi connectivity index (χ1v) is 9.27. The lowest BCUT2D eigenvalue weighted by molar-refractivity contribution is 0.0930. The monoisotopic (exact) mass is 341 g/mol. The molecule has 1 atom stereocenters. The number of benzene rings is 1. The standard InChI is InChI=1S/C20H27N3O2/c1-15(9-8-14-24)21-20(25)18-17-12-6-3-7-13-23(17)19(22-18)16-10-4-2-5-11-16/h2,4-5,10-11,15,24H,3,6-9,12-14H2,1H3,(H,21,25). The fourth-order valence-corrected chi connectivity index (χ4v) is 3.47. The van der Waals surface area contributed by atoms with Crippen LogP contribution in [0.2, 0.25) is 0 Å². The SMILES string of the molecule is CC(CCCO)NC(=O)c1nc(-c2ccccc2)n2c1CCCCC2. The van der Waals surface area contributed by atoms with E-state index in [0.717, 1.165) is 49.3 Å². The summed E-state index contributed by atoms with van der Waals surface area (Å²) in [5, 5.41) is 12.0. The van der Waals surface area contributed by atoms with Crippen LogP contribution in [0.5, 0.6) is 0 Å². The van der Waals surface area contributed by atoms with Crippen molar-refractivity contribution in [2.24, 2.45) is 0 Å². The zero-order valence-corrected chi connectivity index (χ0v) is 14.9. The molecule has 0 saturated heterocycles. The molecule has 1 amide bonds. The highest BCUT2D eigenvalue weighted by atomic mass is 16.3. The molecule has 1 aromatic carbocycles. The maximum Gasteiger partial charge on any atom is 0.271 e. The molecule has 25 heavy (non-hydrogen) atoms. The minimum atomic E-state index is -0.0988. The maximum absolute atomic E-state index is 12.8. The van der Waals surface area contributed by atoms with E-state index in [0.29, 0.717) is 12.1 Å². The predicted molar refractivity (Wildman–Crippen MR) is 98.5 cm³/mol. The van der Waals surface area contributed by atoms with Gasteiger partial charge in [0.05, 0.1) is 5.69 Å². The Labute approximate surface area is 149 Å². The van der Waals surface area contributed by atoms with Gasteiger partial charge in [0.15, 0.2) is 0 Å². The fourth-order valence-electron chi connectivity index (χ4n) is 3.47. The van der Waals surface area contributed by atoms with E-state index < -0.39 is 0 Å². The third-order valence-electron chi connectivity index (χ3n) is 4.79. The number of aromatic nitrogens is 2. The first-order chi connectivity index (χ1) is 12.2. The molecule has 1 unspecified atom stereocenters. The Morgan fingerprint density at radius 1 is 1.28 bits per heavy atom. The van der Waals surface area contributed by atoms with Crippen LogP contribution in [-0.2, 0) is 13.0 Å². The predicted octanol–water partition coefficient (Wildman–Crippen LogP) is 3.17. The molecule has 0 radical (unpaired) electrons. The lowest BCUT2D eigenvalue weighted by atomic mass is 10.1. The van der Waals surface area contributed by atoms with E-state index in [4.69, 9.17) is 10.1 Å². The van der Waals surface area contributed by atoms with E-state index in [9.17, 15) is 4.79 Å². The molecular formula is C20H27N3O2. The third-order valence-corrected chi connectivity index (χ3v) is 4.79. The van der Waals surface area contributed by atoms with Crippen molar-refractivity contribution in [3.8, 4) is 11.4 Å². The fraction of sp³-hybridized carbons (Fsp3) is 0.500. The number of nitrogens with zero attached hydrogens (tertiary/aromatic N) is 2. The highest BCUT2D eigenvalue weighted by molar-refractivity contribution is 5.94. The number of fused-ring (bicyclic) bond motifs is 1. The Balaban J connectivity index is 1.91. The van der Waals surface area contributed by atoms with Crippen LogP contribution in [-0.4, -0.2) is 33.2 Å². The molecule has 1 aromatic heterocycles. The summed E-state index contributed by atoms with van der Waals surface area (Å²) < 4.78 is 2.23.